The molecule has 0 aromatic heterocycles. The van der Waals surface area contributed by atoms with Crippen LogP contribution in [0.2, 0.25) is 0 Å². The molecule has 3 aromatic carbocycles. The number of ether oxygens (including phenoxy) is 1. The fraction of sp³-hybridized carbons (Fsp3) is 0.344. The molecule has 0 radical (unpaired) electrons. The number of anilines is 1. The van der Waals surface area contributed by atoms with E-state index in [0.717, 1.165) is 47.8 Å². The molecule has 4 rings (SSSR count). The summed E-state index contributed by atoms with van der Waals surface area (Å²) in [4.78, 5) is 27.1. The first kappa shape index (κ1) is 30.8. The van der Waals surface area contributed by atoms with Gasteiger partial charge in [-0.25, -0.2) is 13.8 Å². The van der Waals surface area contributed by atoms with Crippen molar-refractivity contribution in [3.8, 4) is 5.75 Å². The third-order valence-corrected chi connectivity index (χ3v) is 8.89. The SMILES string of the molecule is Cc1ccc(S(=O)(=O)N(CC(=O)N/N=C\c2ccc(OCC(=O)N3CCCCC3)cc2)c2ccc(C(C)C)cc2)cc1. The van der Waals surface area contributed by atoms with Crippen molar-refractivity contribution < 1.29 is 22.7 Å². The van der Waals surface area contributed by atoms with Gasteiger partial charge in [0.05, 0.1) is 16.8 Å². The minimum absolute atomic E-state index is 0.00825. The second-order valence-electron chi connectivity index (χ2n) is 10.7. The first-order valence-electron chi connectivity index (χ1n) is 14.2. The zero-order valence-electron chi connectivity index (χ0n) is 24.3. The summed E-state index contributed by atoms with van der Waals surface area (Å²) in [7, 11) is -4.02. The normalized spacial score (nSPS) is 13.8. The molecule has 222 valence electrons. The quantitative estimate of drug-likeness (QED) is 0.254. The molecule has 0 spiro atoms. The number of amides is 2. The summed E-state index contributed by atoms with van der Waals surface area (Å²) >= 11 is 0. The number of hydrogen-bond donors (Lipinski definition) is 1. The van der Waals surface area contributed by atoms with Crippen LogP contribution in [0, 0.1) is 6.92 Å². The molecule has 0 aliphatic carbocycles. The summed E-state index contributed by atoms with van der Waals surface area (Å²) in [5.41, 5.74) is 5.49. The van der Waals surface area contributed by atoms with E-state index in [2.05, 4.69) is 24.4 Å². The van der Waals surface area contributed by atoms with Crippen LogP contribution in [0.5, 0.6) is 5.75 Å². The Morgan fingerprint density at radius 2 is 1.60 bits per heavy atom. The van der Waals surface area contributed by atoms with E-state index in [1.807, 2.05) is 24.0 Å². The van der Waals surface area contributed by atoms with Gasteiger partial charge in [-0.2, -0.15) is 5.10 Å². The molecule has 1 aliphatic rings. The summed E-state index contributed by atoms with van der Waals surface area (Å²) < 4.78 is 33.9. The molecular weight excluding hydrogens is 552 g/mol. The van der Waals surface area contributed by atoms with Gasteiger partial charge in [0, 0.05) is 13.1 Å². The van der Waals surface area contributed by atoms with Crippen molar-refractivity contribution in [3.63, 3.8) is 0 Å². The average Bonchev–Trinajstić information content (AvgIpc) is 3.00. The van der Waals surface area contributed by atoms with Gasteiger partial charge >= 0.3 is 0 Å². The van der Waals surface area contributed by atoms with Crippen molar-refractivity contribution in [1.82, 2.24) is 10.3 Å². The number of hydrazone groups is 1. The van der Waals surface area contributed by atoms with Gasteiger partial charge in [0.1, 0.15) is 12.3 Å². The van der Waals surface area contributed by atoms with Crippen LogP contribution in [0.15, 0.2) is 82.8 Å². The summed E-state index contributed by atoms with van der Waals surface area (Å²) in [6, 6.07) is 20.6. The van der Waals surface area contributed by atoms with Crippen LogP contribution < -0.4 is 14.5 Å². The van der Waals surface area contributed by atoms with E-state index in [1.54, 1.807) is 48.5 Å². The average molecular weight is 591 g/mol. The third-order valence-electron chi connectivity index (χ3n) is 7.10. The predicted octanol–water partition coefficient (Wildman–Crippen LogP) is 4.86. The van der Waals surface area contributed by atoms with Gasteiger partial charge < -0.3 is 9.64 Å². The fourth-order valence-electron chi connectivity index (χ4n) is 4.55. The van der Waals surface area contributed by atoms with Gasteiger partial charge in [0.2, 0.25) is 0 Å². The van der Waals surface area contributed by atoms with Crippen molar-refractivity contribution in [2.45, 2.75) is 50.8 Å². The molecule has 10 heteroatoms. The van der Waals surface area contributed by atoms with Crippen LogP contribution in [0.25, 0.3) is 0 Å². The zero-order chi connectivity index (χ0) is 30.1. The summed E-state index contributed by atoms with van der Waals surface area (Å²) in [5.74, 6) is 0.229. The highest BCUT2D eigenvalue weighted by Gasteiger charge is 2.27. The molecule has 2 amide bonds. The molecule has 42 heavy (non-hydrogen) atoms. The van der Waals surface area contributed by atoms with Gasteiger partial charge in [0.15, 0.2) is 6.61 Å². The molecule has 1 aliphatic heterocycles. The van der Waals surface area contributed by atoms with Crippen molar-refractivity contribution in [3.05, 3.63) is 89.5 Å². The highest BCUT2D eigenvalue weighted by molar-refractivity contribution is 7.92. The first-order chi connectivity index (χ1) is 20.1. The molecule has 9 nitrogen and oxygen atoms in total. The van der Waals surface area contributed by atoms with Crippen molar-refractivity contribution in [2.24, 2.45) is 5.10 Å². The van der Waals surface area contributed by atoms with Gasteiger partial charge in [-0.1, -0.05) is 43.7 Å². The lowest BCUT2D eigenvalue weighted by molar-refractivity contribution is -0.134. The van der Waals surface area contributed by atoms with Gasteiger partial charge in [-0.05, 0) is 91.8 Å². The Hall–Kier alpha value is -4.18. The minimum Gasteiger partial charge on any atom is -0.484 e. The number of carbonyl (C=O) groups is 2. The van der Waals surface area contributed by atoms with Crippen LogP contribution in [0.3, 0.4) is 0 Å². The number of carbonyl (C=O) groups excluding carboxylic acids is 2. The molecule has 1 saturated heterocycles. The lowest BCUT2D eigenvalue weighted by Crippen LogP contribution is -2.39. The molecule has 0 saturated carbocycles. The number of likely N-dealkylation sites (tertiary alicyclic amines) is 1. The zero-order valence-corrected chi connectivity index (χ0v) is 25.1. The Kier molecular flexibility index (Phi) is 10.4. The maximum atomic E-state index is 13.6. The van der Waals surface area contributed by atoms with Crippen LogP contribution in [-0.4, -0.2) is 57.6 Å². The van der Waals surface area contributed by atoms with Crippen molar-refractivity contribution in [2.75, 3.05) is 30.5 Å². The van der Waals surface area contributed by atoms with Gasteiger partial charge in [-0.3, -0.25) is 13.9 Å². The van der Waals surface area contributed by atoms with E-state index in [4.69, 9.17) is 4.74 Å². The number of rotatable bonds is 11. The second kappa shape index (κ2) is 14.1. The molecule has 0 atom stereocenters. The molecule has 3 aromatic rings. The maximum absolute atomic E-state index is 13.6. The predicted molar refractivity (Wildman–Crippen MR) is 164 cm³/mol. The van der Waals surface area contributed by atoms with Gasteiger partial charge in [-0.15, -0.1) is 0 Å². The number of hydrogen-bond acceptors (Lipinski definition) is 6. The molecule has 0 unspecified atom stereocenters. The smallest absolute Gasteiger partial charge is 0.264 e. The number of nitrogens with zero attached hydrogens (tertiary/aromatic N) is 3. The monoisotopic (exact) mass is 590 g/mol. The van der Waals surface area contributed by atoms with E-state index in [9.17, 15) is 18.0 Å². The number of sulfonamides is 1. The first-order valence-corrected chi connectivity index (χ1v) is 15.6. The third kappa shape index (κ3) is 8.19. The minimum atomic E-state index is -4.02. The van der Waals surface area contributed by atoms with E-state index < -0.39 is 22.5 Å². The maximum Gasteiger partial charge on any atom is 0.264 e. The lowest BCUT2D eigenvalue weighted by atomic mass is 10.0. The fourth-order valence-corrected chi connectivity index (χ4v) is 5.97. The largest absolute Gasteiger partial charge is 0.484 e. The van der Waals surface area contributed by atoms with Crippen LogP contribution in [0.1, 0.15) is 55.7 Å². The number of aryl methyl sites for hydroxylation is 1. The van der Waals surface area contributed by atoms with E-state index >= 15 is 0 Å². The molecular formula is C32H38N4O5S. The number of piperidine rings is 1. The Labute approximate surface area is 248 Å². The number of nitrogens with one attached hydrogen (secondary N) is 1. The number of benzene rings is 3. The van der Waals surface area contributed by atoms with Crippen LogP contribution in [0.4, 0.5) is 5.69 Å². The Balaban J connectivity index is 1.39. The Morgan fingerprint density at radius 1 is 0.952 bits per heavy atom. The van der Waals surface area contributed by atoms with E-state index in [1.165, 1.54) is 18.3 Å². The standard InChI is InChI=1S/C32H38N4O5S/c1-24(2)27-11-13-28(14-12-27)36(42(39,40)30-17-7-25(3)8-18-30)22-31(37)34-33-21-26-9-15-29(16-10-26)41-23-32(38)35-19-5-4-6-20-35/h7-18,21,24H,4-6,19-20,22-23H2,1-3H3,(H,34,37)/b33-21-. The Bertz CT molecular complexity index is 1480. The summed E-state index contributed by atoms with van der Waals surface area (Å²) in [6.07, 6.45) is 4.67. The summed E-state index contributed by atoms with van der Waals surface area (Å²) in [6.45, 7) is 7.09. The van der Waals surface area contributed by atoms with Crippen LogP contribution in [-0.2, 0) is 19.6 Å². The van der Waals surface area contributed by atoms with E-state index in [-0.39, 0.29) is 23.3 Å². The summed E-state index contributed by atoms with van der Waals surface area (Å²) in [5, 5.41) is 4.01. The highest BCUT2D eigenvalue weighted by Crippen LogP contribution is 2.26. The highest BCUT2D eigenvalue weighted by atomic mass is 32.2. The lowest BCUT2D eigenvalue weighted by Gasteiger charge is -2.26. The van der Waals surface area contributed by atoms with E-state index in [0.29, 0.717) is 17.0 Å². The molecule has 1 heterocycles. The molecule has 1 fully saturated rings. The second-order valence-corrected chi connectivity index (χ2v) is 12.5. The van der Waals surface area contributed by atoms with Crippen LogP contribution >= 0.6 is 0 Å². The Morgan fingerprint density at radius 3 is 2.21 bits per heavy atom. The topological polar surface area (TPSA) is 108 Å². The van der Waals surface area contributed by atoms with Crippen molar-refractivity contribution in [1.29, 1.82) is 0 Å². The van der Waals surface area contributed by atoms with Gasteiger partial charge in [0.25, 0.3) is 21.8 Å². The van der Waals surface area contributed by atoms with Crippen molar-refractivity contribution >= 4 is 33.7 Å². The molecule has 0 bridgehead atoms. The molecule has 1 N–H and O–H groups in total.